The average molecular weight is 260 g/mol. The molecule has 0 amide bonds. The molecule has 0 radical (unpaired) electrons. The zero-order valence-electron chi connectivity index (χ0n) is 11.9. The van der Waals surface area contributed by atoms with Crippen LogP contribution in [0.1, 0.15) is 38.6 Å². The molecule has 19 heavy (non-hydrogen) atoms. The number of hydrogen-bond acceptors (Lipinski definition) is 3. The van der Waals surface area contributed by atoms with Crippen molar-refractivity contribution in [1.29, 1.82) is 0 Å². The van der Waals surface area contributed by atoms with Gasteiger partial charge < -0.3 is 14.1 Å². The summed E-state index contributed by atoms with van der Waals surface area (Å²) >= 11 is 0. The van der Waals surface area contributed by atoms with E-state index in [-0.39, 0.29) is 24.1 Å². The first kappa shape index (κ1) is 14.3. The van der Waals surface area contributed by atoms with E-state index in [1.54, 1.807) is 6.92 Å². The highest BCUT2D eigenvalue weighted by Crippen LogP contribution is 2.30. The Labute approximate surface area is 115 Å². The van der Waals surface area contributed by atoms with Crippen LogP contribution in [0.15, 0.2) is 30.3 Å². The molecule has 1 fully saturated rings. The largest absolute Gasteiger partial charge is 0.465 e. The van der Waals surface area contributed by atoms with E-state index in [0.717, 1.165) is 5.56 Å². The first-order valence-electron chi connectivity index (χ1n) is 6.75. The lowest BCUT2D eigenvalue weighted by Gasteiger charge is -2.36. The van der Waals surface area contributed by atoms with Gasteiger partial charge in [0.25, 0.3) is 0 Å². The van der Waals surface area contributed by atoms with Crippen LogP contribution in [0, 0.1) is 5.41 Å². The van der Waals surface area contributed by atoms with Gasteiger partial charge in [-0.3, -0.25) is 0 Å². The molecule has 1 heterocycles. The molecular weight excluding hydrogens is 239 g/mol. The van der Waals surface area contributed by atoms with Crippen molar-refractivity contribution < 1.29 is 14.1 Å². The summed E-state index contributed by atoms with van der Waals surface area (Å²) in [7, 11) is -0.320. The Bertz CT molecular complexity index is 420. The summed E-state index contributed by atoms with van der Waals surface area (Å²) in [6.07, 6.45) is 0.453. The number of ketones is 1. The van der Waals surface area contributed by atoms with E-state index in [4.69, 9.17) is 9.31 Å². The minimum absolute atomic E-state index is 0.0187. The molecule has 3 nitrogen and oxygen atoms in total. The molecule has 0 saturated carbocycles. The Morgan fingerprint density at radius 1 is 1.26 bits per heavy atom. The lowest BCUT2D eigenvalue weighted by Crippen LogP contribution is -2.44. The van der Waals surface area contributed by atoms with Gasteiger partial charge in [-0.05, 0) is 12.5 Å². The molecule has 0 spiro atoms. The normalized spacial score (nSPS) is 20.1. The van der Waals surface area contributed by atoms with E-state index < -0.39 is 0 Å². The fourth-order valence-corrected chi connectivity index (χ4v) is 2.32. The van der Waals surface area contributed by atoms with Crippen molar-refractivity contribution in [2.24, 2.45) is 5.41 Å². The first-order chi connectivity index (χ1) is 8.98. The number of carbonyl (C=O) groups excluding carboxylic acids is 1. The van der Waals surface area contributed by atoms with Crippen LogP contribution in [-0.2, 0) is 14.1 Å². The van der Waals surface area contributed by atoms with Crippen LogP contribution in [0.2, 0.25) is 0 Å². The van der Waals surface area contributed by atoms with Gasteiger partial charge in [-0.2, -0.15) is 0 Å². The maximum Gasteiger partial charge on any atom is 0.465 e. The van der Waals surface area contributed by atoms with Gasteiger partial charge in [-0.15, -0.1) is 0 Å². The summed E-state index contributed by atoms with van der Waals surface area (Å²) in [6, 6.07) is 9.99. The summed E-state index contributed by atoms with van der Waals surface area (Å²) in [5.74, 6) is 0.140. The maximum absolute atomic E-state index is 11.5. The minimum atomic E-state index is -0.320. The van der Waals surface area contributed by atoms with E-state index >= 15 is 0 Å². The highest BCUT2D eigenvalue weighted by Gasteiger charge is 2.39. The molecule has 0 bridgehead atoms. The average Bonchev–Trinajstić information content (AvgIpc) is 2.37. The van der Waals surface area contributed by atoms with Crippen LogP contribution in [0.5, 0.6) is 0 Å². The molecule has 1 unspecified atom stereocenters. The quantitative estimate of drug-likeness (QED) is 0.781. The summed E-state index contributed by atoms with van der Waals surface area (Å²) in [5, 5.41) is 0. The second-order valence-corrected chi connectivity index (χ2v) is 6.08. The molecule has 1 aliphatic rings. The second kappa shape index (κ2) is 5.89. The third-order valence-electron chi connectivity index (χ3n) is 3.34. The summed E-state index contributed by atoms with van der Waals surface area (Å²) in [4.78, 5) is 11.5. The molecule has 1 aromatic carbocycles. The standard InChI is InChI=1S/C15H21BO3/c1-12(17)9-14(13-7-5-4-6-8-13)16-18-10-15(2,3)11-19-16/h4-8,14H,9-11H2,1-3H3. The second-order valence-electron chi connectivity index (χ2n) is 6.08. The highest BCUT2D eigenvalue weighted by atomic mass is 16.6. The van der Waals surface area contributed by atoms with E-state index in [1.165, 1.54) is 0 Å². The van der Waals surface area contributed by atoms with E-state index in [9.17, 15) is 4.79 Å². The first-order valence-corrected chi connectivity index (χ1v) is 6.75. The van der Waals surface area contributed by atoms with Crippen LogP contribution < -0.4 is 0 Å². The van der Waals surface area contributed by atoms with Crippen molar-refractivity contribution in [2.45, 2.75) is 33.0 Å². The lowest BCUT2D eigenvalue weighted by atomic mass is 9.64. The monoisotopic (exact) mass is 260 g/mol. The Kier molecular flexibility index (Phi) is 4.43. The Hall–Kier alpha value is -1.13. The number of Topliss-reactive ketones (excluding diaryl/α,β-unsaturated/α-hetero) is 1. The van der Waals surface area contributed by atoms with Crippen LogP contribution >= 0.6 is 0 Å². The summed E-state index contributed by atoms with van der Waals surface area (Å²) in [6.45, 7) is 7.18. The topological polar surface area (TPSA) is 35.5 Å². The SMILES string of the molecule is CC(=O)CC(B1OCC(C)(C)CO1)c1ccccc1. The van der Waals surface area contributed by atoms with Gasteiger partial charge in [0.05, 0.1) is 0 Å². The lowest BCUT2D eigenvalue weighted by molar-refractivity contribution is -0.117. The number of benzene rings is 1. The van der Waals surface area contributed by atoms with E-state index in [2.05, 4.69) is 13.8 Å². The molecule has 4 heteroatoms. The van der Waals surface area contributed by atoms with Gasteiger partial charge in [0.1, 0.15) is 5.78 Å². The summed E-state index contributed by atoms with van der Waals surface area (Å²) in [5.41, 5.74) is 1.15. The molecular formula is C15H21BO3. The van der Waals surface area contributed by atoms with Crippen molar-refractivity contribution in [3.8, 4) is 0 Å². The number of carbonyl (C=O) groups is 1. The van der Waals surface area contributed by atoms with Gasteiger partial charge in [-0.1, -0.05) is 44.2 Å². The highest BCUT2D eigenvalue weighted by molar-refractivity contribution is 6.47. The molecule has 0 aliphatic carbocycles. The molecule has 0 aromatic heterocycles. The zero-order chi connectivity index (χ0) is 13.9. The van der Waals surface area contributed by atoms with Crippen molar-refractivity contribution in [1.82, 2.24) is 0 Å². The molecule has 2 rings (SSSR count). The van der Waals surface area contributed by atoms with Crippen LogP contribution in [0.4, 0.5) is 0 Å². The van der Waals surface area contributed by atoms with Crippen molar-refractivity contribution >= 4 is 12.9 Å². The van der Waals surface area contributed by atoms with Crippen LogP contribution in [0.25, 0.3) is 0 Å². The van der Waals surface area contributed by atoms with Crippen molar-refractivity contribution in [3.05, 3.63) is 35.9 Å². The molecule has 102 valence electrons. The Morgan fingerprint density at radius 3 is 2.37 bits per heavy atom. The zero-order valence-corrected chi connectivity index (χ0v) is 11.9. The molecule has 1 atom stereocenters. The van der Waals surface area contributed by atoms with Gasteiger partial charge in [0.15, 0.2) is 0 Å². The summed E-state index contributed by atoms with van der Waals surface area (Å²) < 4.78 is 11.7. The molecule has 1 aliphatic heterocycles. The van der Waals surface area contributed by atoms with Gasteiger partial charge in [0.2, 0.25) is 0 Å². The fraction of sp³-hybridized carbons (Fsp3) is 0.533. The maximum atomic E-state index is 11.5. The van der Waals surface area contributed by atoms with Gasteiger partial charge >= 0.3 is 7.12 Å². The third-order valence-corrected chi connectivity index (χ3v) is 3.34. The molecule has 0 N–H and O–H groups in total. The van der Waals surface area contributed by atoms with Crippen LogP contribution in [0.3, 0.4) is 0 Å². The van der Waals surface area contributed by atoms with Crippen molar-refractivity contribution in [3.63, 3.8) is 0 Å². The van der Waals surface area contributed by atoms with Crippen LogP contribution in [-0.4, -0.2) is 26.1 Å². The predicted molar refractivity (Wildman–Crippen MR) is 75.9 cm³/mol. The fourth-order valence-electron chi connectivity index (χ4n) is 2.32. The molecule has 1 aromatic rings. The predicted octanol–water partition coefficient (Wildman–Crippen LogP) is 2.85. The Balaban J connectivity index is 2.13. The van der Waals surface area contributed by atoms with E-state index in [0.29, 0.717) is 19.6 Å². The van der Waals surface area contributed by atoms with Crippen molar-refractivity contribution in [2.75, 3.05) is 13.2 Å². The number of hydrogen-bond donors (Lipinski definition) is 0. The minimum Gasteiger partial charge on any atom is -0.410 e. The third kappa shape index (κ3) is 3.92. The number of rotatable bonds is 4. The smallest absolute Gasteiger partial charge is 0.410 e. The Morgan fingerprint density at radius 2 is 1.84 bits per heavy atom. The molecule has 1 saturated heterocycles. The van der Waals surface area contributed by atoms with Gasteiger partial charge in [-0.25, -0.2) is 0 Å². The van der Waals surface area contributed by atoms with E-state index in [1.807, 2.05) is 30.3 Å². The van der Waals surface area contributed by atoms with Gasteiger partial charge in [0, 0.05) is 30.9 Å².